The molecule has 0 spiro atoms. The third kappa shape index (κ3) is 6.58. The number of rotatable bonds is 6. The van der Waals surface area contributed by atoms with Crippen LogP contribution in [0.15, 0.2) is 50.8 Å². The number of carbonyl (C=O) groups excluding carboxylic acids is 1. The van der Waals surface area contributed by atoms with Crippen LogP contribution in [0.5, 0.6) is 5.75 Å². The fourth-order valence-electron chi connectivity index (χ4n) is 5.32. The fourth-order valence-corrected chi connectivity index (χ4v) is 7.61. The lowest BCUT2D eigenvalue weighted by Gasteiger charge is -2.31. The zero-order valence-corrected chi connectivity index (χ0v) is 24.6. The number of halogens is 3. The van der Waals surface area contributed by atoms with Gasteiger partial charge in [-0.05, 0) is 83.2 Å². The Bertz CT molecular complexity index is 1180. The van der Waals surface area contributed by atoms with Crippen LogP contribution >= 0.6 is 50.9 Å². The molecule has 1 aliphatic heterocycles. The summed E-state index contributed by atoms with van der Waals surface area (Å²) in [7, 11) is 0. The van der Waals surface area contributed by atoms with Crippen LogP contribution in [0.1, 0.15) is 75.3 Å². The highest BCUT2D eigenvalue weighted by Crippen LogP contribution is 2.40. The summed E-state index contributed by atoms with van der Waals surface area (Å²) in [4.78, 5) is 21.5. The first-order valence-corrected chi connectivity index (χ1v) is 15.5. The monoisotopic (exact) mass is 620 g/mol. The molecule has 5 rings (SSSR count). The molecule has 3 fully saturated rings. The van der Waals surface area contributed by atoms with Crippen molar-refractivity contribution in [3.63, 3.8) is 0 Å². The molecule has 0 unspecified atom stereocenters. The van der Waals surface area contributed by atoms with Crippen LogP contribution < -0.4 is 4.74 Å². The van der Waals surface area contributed by atoms with Crippen molar-refractivity contribution in [2.45, 2.75) is 82.9 Å². The van der Waals surface area contributed by atoms with Gasteiger partial charge in [0.2, 0.25) is 0 Å². The quantitative estimate of drug-likeness (QED) is 0.302. The molecule has 8 heteroatoms. The van der Waals surface area contributed by atoms with Crippen LogP contribution in [0.2, 0.25) is 10.0 Å². The molecule has 0 aromatic heterocycles. The van der Waals surface area contributed by atoms with Gasteiger partial charge in [-0.3, -0.25) is 14.7 Å². The fraction of sp³-hybridized carbons (Fsp3) is 0.448. The molecular formula is C29H31BrCl2N2O2S. The molecule has 1 amide bonds. The van der Waals surface area contributed by atoms with Gasteiger partial charge in [0.15, 0.2) is 10.9 Å². The minimum atomic E-state index is 0.0674. The molecule has 2 aromatic carbocycles. The highest BCUT2D eigenvalue weighted by Gasteiger charge is 2.39. The molecule has 4 nitrogen and oxygen atoms in total. The van der Waals surface area contributed by atoms with Gasteiger partial charge in [0.1, 0.15) is 6.61 Å². The molecule has 2 aliphatic carbocycles. The SMILES string of the molecule is O=C1C(=Cc2cc(Cl)c(OCc3ccccc3Cl)c(Br)c2)SC(=NC2CCCCC2)N1C1CCCCC1. The average molecular weight is 622 g/mol. The first kappa shape index (κ1) is 27.1. The van der Waals surface area contributed by atoms with Gasteiger partial charge in [-0.1, -0.05) is 79.9 Å². The summed E-state index contributed by atoms with van der Waals surface area (Å²) in [6, 6.07) is 11.9. The summed E-state index contributed by atoms with van der Waals surface area (Å²) < 4.78 is 6.73. The number of benzene rings is 2. The van der Waals surface area contributed by atoms with E-state index in [-0.39, 0.29) is 11.9 Å². The van der Waals surface area contributed by atoms with Crippen molar-refractivity contribution < 1.29 is 9.53 Å². The van der Waals surface area contributed by atoms with Gasteiger partial charge in [0.25, 0.3) is 5.91 Å². The van der Waals surface area contributed by atoms with Gasteiger partial charge in [-0.15, -0.1) is 0 Å². The first-order chi connectivity index (χ1) is 18.0. The van der Waals surface area contributed by atoms with Crippen molar-refractivity contribution in [3.8, 4) is 5.75 Å². The lowest BCUT2D eigenvalue weighted by molar-refractivity contribution is -0.124. The van der Waals surface area contributed by atoms with Gasteiger partial charge in [-0.25, -0.2) is 0 Å². The number of hydrogen-bond acceptors (Lipinski definition) is 4. The summed E-state index contributed by atoms with van der Waals surface area (Å²) in [6.45, 7) is 0.310. The molecule has 1 heterocycles. The van der Waals surface area contributed by atoms with E-state index in [0.29, 0.717) is 33.3 Å². The Balaban J connectivity index is 1.38. The summed E-state index contributed by atoms with van der Waals surface area (Å²) in [6.07, 6.45) is 13.6. The number of hydrogen-bond donors (Lipinski definition) is 0. The van der Waals surface area contributed by atoms with Crippen LogP contribution in [-0.4, -0.2) is 28.1 Å². The lowest BCUT2D eigenvalue weighted by atomic mass is 9.94. The van der Waals surface area contributed by atoms with Gasteiger partial charge in [-0.2, -0.15) is 0 Å². The Morgan fingerprint density at radius 1 is 1.00 bits per heavy atom. The maximum absolute atomic E-state index is 13.7. The van der Waals surface area contributed by atoms with E-state index in [1.165, 1.54) is 50.3 Å². The summed E-state index contributed by atoms with van der Waals surface area (Å²) in [5.74, 6) is 0.621. The molecule has 0 atom stereocenters. The highest BCUT2D eigenvalue weighted by molar-refractivity contribution is 9.10. The number of amidine groups is 1. The second-order valence-electron chi connectivity index (χ2n) is 9.97. The molecule has 1 saturated heterocycles. The van der Waals surface area contributed by atoms with Gasteiger partial charge >= 0.3 is 0 Å². The molecule has 2 saturated carbocycles. The van der Waals surface area contributed by atoms with E-state index in [9.17, 15) is 4.79 Å². The Kier molecular flexibility index (Phi) is 9.22. The smallest absolute Gasteiger partial charge is 0.266 e. The normalized spacial score (nSPS) is 21.8. The van der Waals surface area contributed by atoms with Gasteiger partial charge in [0.05, 0.1) is 20.4 Å². The van der Waals surface area contributed by atoms with Crippen molar-refractivity contribution >= 4 is 68.0 Å². The van der Waals surface area contributed by atoms with Crippen LogP contribution in [0.25, 0.3) is 6.08 Å². The van der Waals surface area contributed by atoms with E-state index < -0.39 is 0 Å². The largest absolute Gasteiger partial charge is 0.486 e. The second kappa shape index (κ2) is 12.6. The van der Waals surface area contributed by atoms with Crippen molar-refractivity contribution in [2.24, 2.45) is 4.99 Å². The third-order valence-electron chi connectivity index (χ3n) is 7.29. The van der Waals surface area contributed by atoms with Crippen LogP contribution in [-0.2, 0) is 11.4 Å². The Hall–Kier alpha value is -1.47. The Morgan fingerprint density at radius 2 is 1.70 bits per heavy atom. The number of carbonyl (C=O) groups is 1. The minimum absolute atomic E-state index is 0.0674. The van der Waals surface area contributed by atoms with Crippen LogP contribution in [0, 0.1) is 0 Å². The maximum atomic E-state index is 13.7. The van der Waals surface area contributed by atoms with Crippen LogP contribution in [0.4, 0.5) is 0 Å². The number of amides is 1. The summed E-state index contributed by atoms with van der Waals surface area (Å²) >= 11 is 18.0. The van der Waals surface area contributed by atoms with E-state index >= 15 is 0 Å². The second-order valence-corrected chi connectivity index (χ2v) is 12.7. The molecule has 37 heavy (non-hydrogen) atoms. The van der Waals surface area contributed by atoms with Gasteiger partial charge in [0, 0.05) is 16.6 Å². The number of ether oxygens (including phenoxy) is 1. The molecule has 3 aliphatic rings. The van der Waals surface area contributed by atoms with E-state index in [2.05, 4.69) is 15.9 Å². The Morgan fingerprint density at radius 3 is 2.41 bits per heavy atom. The summed E-state index contributed by atoms with van der Waals surface area (Å²) in [5.41, 5.74) is 1.74. The third-order valence-corrected chi connectivity index (χ3v) is 9.53. The van der Waals surface area contributed by atoms with Crippen molar-refractivity contribution in [3.05, 3.63) is 66.9 Å². The molecule has 196 valence electrons. The van der Waals surface area contributed by atoms with E-state index in [1.54, 1.807) is 0 Å². The average Bonchev–Trinajstić information content (AvgIpc) is 3.19. The van der Waals surface area contributed by atoms with E-state index in [0.717, 1.165) is 46.5 Å². The van der Waals surface area contributed by atoms with Crippen molar-refractivity contribution in [2.75, 3.05) is 0 Å². The lowest BCUT2D eigenvalue weighted by Crippen LogP contribution is -2.41. The predicted molar refractivity (Wildman–Crippen MR) is 159 cm³/mol. The van der Waals surface area contributed by atoms with E-state index in [1.807, 2.05) is 47.4 Å². The Labute approximate surface area is 242 Å². The molecular weight excluding hydrogens is 591 g/mol. The molecule has 0 N–H and O–H groups in total. The number of nitrogens with zero attached hydrogens (tertiary/aromatic N) is 2. The van der Waals surface area contributed by atoms with Crippen molar-refractivity contribution in [1.82, 2.24) is 4.90 Å². The van der Waals surface area contributed by atoms with Crippen LogP contribution in [0.3, 0.4) is 0 Å². The zero-order chi connectivity index (χ0) is 25.8. The van der Waals surface area contributed by atoms with Crippen molar-refractivity contribution in [1.29, 1.82) is 0 Å². The number of thioether (sulfide) groups is 1. The van der Waals surface area contributed by atoms with E-state index in [4.69, 9.17) is 32.9 Å². The topological polar surface area (TPSA) is 41.9 Å². The molecule has 0 bridgehead atoms. The molecule has 2 aromatic rings. The standard InChI is InChI=1S/C29H31BrCl2N2O2S/c30-23-15-19(16-25(32)27(23)36-18-20-9-7-8-14-24(20)31)17-26-28(35)34(22-12-5-2-6-13-22)29(37-26)33-21-10-3-1-4-11-21/h7-9,14-17,21-22H,1-6,10-13,18H2. The zero-order valence-electron chi connectivity index (χ0n) is 20.7. The first-order valence-electron chi connectivity index (χ1n) is 13.2. The highest BCUT2D eigenvalue weighted by atomic mass is 79.9. The number of aliphatic imine (C=N–C) groups is 1. The predicted octanol–water partition coefficient (Wildman–Crippen LogP) is 9.27. The maximum Gasteiger partial charge on any atom is 0.266 e. The minimum Gasteiger partial charge on any atom is -0.486 e. The summed E-state index contributed by atoms with van der Waals surface area (Å²) in [5, 5.41) is 2.02. The molecule has 0 radical (unpaired) electrons. The van der Waals surface area contributed by atoms with Gasteiger partial charge < -0.3 is 4.74 Å².